The standard InChI is InChI=1S/C16H26N2OS/c1-12(2)20-18-15-10-8-13(9-11-15)16(19)17-14-6-4-3-5-7-14/h3-4,8,12,14-15,18H,5-7,9-11H2,1-2H3,(H,17,19). The van der Waals surface area contributed by atoms with Crippen LogP contribution in [-0.2, 0) is 4.79 Å². The number of allylic oxidation sites excluding steroid dienone is 1. The van der Waals surface area contributed by atoms with E-state index >= 15 is 0 Å². The summed E-state index contributed by atoms with van der Waals surface area (Å²) in [5.41, 5.74) is 0.979. The lowest BCUT2D eigenvalue weighted by Gasteiger charge is -2.25. The first-order chi connectivity index (χ1) is 9.65. The molecule has 0 aromatic heterocycles. The summed E-state index contributed by atoms with van der Waals surface area (Å²) in [7, 11) is 0. The maximum Gasteiger partial charge on any atom is 0.247 e. The maximum absolute atomic E-state index is 12.2. The number of carbonyl (C=O) groups excluding carboxylic acids is 1. The van der Waals surface area contributed by atoms with Gasteiger partial charge in [-0.05, 0) is 38.5 Å². The third-order valence-electron chi connectivity index (χ3n) is 3.78. The molecule has 0 saturated carbocycles. The summed E-state index contributed by atoms with van der Waals surface area (Å²) in [5.74, 6) is 0.153. The van der Waals surface area contributed by atoms with Gasteiger partial charge in [-0.1, -0.05) is 44.0 Å². The van der Waals surface area contributed by atoms with Crippen LogP contribution in [0.4, 0.5) is 0 Å². The van der Waals surface area contributed by atoms with Gasteiger partial charge in [-0.25, -0.2) is 0 Å². The summed E-state index contributed by atoms with van der Waals surface area (Å²) >= 11 is 1.79. The first kappa shape index (κ1) is 15.6. The average molecular weight is 294 g/mol. The monoisotopic (exact) mass is 294 g/mol. The lowest BCUT2D eigenvalue weighted by atomic mass is 9.94. The van der Waals surface area contributed by atoms with Crippen molar-refractivity contribution in [1.82, 2.24) is 10.0 Å². The number of nitrogens with one attached hydrogen (secondary N) is 2. The van der Waals surface area contributed by atoms with Crippen LogP contribution >= 0.6 is 11.9 Å². The van der Waals surface area contributed by atoms with Gasteiger partial charge in [0.05, 0.1) is 0 Å². The molecule has 3 nitrogen and oxygen atoms in total. The van der Waals surface area contributed by atoms with Crippen molar-refractivity contribution >= 4 is 17.9 Å². The number of hydrogen-bond donors (Lipinski definition) is 2. The summed E-state index contributed by atoms with van der Waals surface area (Å²) in [6.45, 7) is 4.38. The van der Waals surface area contributed by atoms with Crippen LogP contribution in [0.2, 0.25) is 0 Å². The lowest BCUT2D eigenvalue weighted by molar-refractivity contribution is -0.118. The third kappa shape index (κ3) is 4.98. The molecule has 0 heterocycles. The molecule has 0 saturated heterocycles. The second-order valence-corrected chi connectivity index (χ2v) is 7.35. The fraction of sp³-hybridized carbons (Fsp3) is 0.688. The molecule has 0 radical (unpaired) electrons. The molecule has 20 heavy (non-hydrogen) atoms. The molecule has 0 aromatic carbocycles. The summed E-state index contributed by atoms with van der Waals surface area (Å²) in [5, 5.41) is 3.77. The van der Waals surface area contributed by atoms with Crippen LogP contribution in [0.25, 0.3) is 0 Å². The van der Waals surface area contributed by atoms with Crippen molar-refractivity contribution in [3.05, 3.63) is 23.8 Å². The number of rotatable bonds is 5. The molecule has 2 N–H and O–H groups in total. The van der Waals surface area contributed by atoms with Gasteiger partial charge in [-0.2, -0.15) is 0 Å². The molecule has 4 heteroatoms. The zero-order chi connectivity index (χ0) is 14.4. The molecule has 0 aliphatic heterocycles. The van der Waals surface area contributed by atoms with E-state index in [2.05, 4.69) is 42.1 Å². The molecule has 0 bridgehead atoms. The second-order valence-electron chi connectivity index (χ2n) is 5.94. The Bertz CT molecular complexity index is 390. The zero-order valence-electron chi connectivity index (χ0n) is 12.5. The highest BCUT2D eigenvalue weighted by atomic mass is 32.2. The molecule has 2 aliphatic rings. The average Bonchev–Trinajstić information content (AvgIpc) is 2.46. The molecule has 1 amide bonds. The zero-order valence-corrected chi connectivity index (χ0v) is 13.3. The van der Waals surface area contributed by atoms with Gasteiger partial charge in [0.2, 0.25) is 5.91 Å². The van der Waals surface area contributed by atoms with Crippen LogP contribution in [-0.4, -0.2) is 23.2 Å². The van der Waals surface area contributed by atoms with E-state index in [-0.39, 0.29) is 5.91 Å². The van der Waals surface area contributed by atoms with Gasteiger partial charge >= 0.3 is 0 Å². The third-order valence-corrected chi connectivity index (χ3v) is 4.72. The van der Waals surface area contributed by atoms with Crippen molar-refractivity contribution in [2.75, 3.05) is 0 Å². The van der Waals surface area contributed by atoms with E-state index in [1.165, 1.54) is 0 Å². The molecule has 0 spiro atoms. The van der Waals surface area contributed by atoms with Gasteiger partial charge in [0, 0.05) is 22.9 Å². The van der Waals surface area contributed by atoms with Gasteiger partial charge < -0.3 is 5.32 Å². The predicted molar refractivity (Wildman–Crippen MR) is 86.5 cm³/mol. The van der Waals surface area contributed by atoms with Crippen LogP contribution in [0, 0.1) is 0 Å². The quantitative estimate of drug-likeness (QED) is 0.603. The van der Waals surface area contributed by atoms with Crippen molar-refractivity contribution in [1.29, 1.82) is 0 Å². The van der Waals surface area contributed by atoms with Crippen molar-refractivity contribution in [3.63, 3.8) is 0 Å². The summed E-state index contributed by atoms with van der Waals surface area (Å²) in [4.78, 5) is 12.2. The molecule has 2 aliphatic carbocycles. The van der Waals surface area contributed by atoms with E-state index in [4.69, 9.17) is 0 Å². The molecular weight excluding hydrogens is 268 g/mol. The number of hydrogen-bond acceptors (Lipinski definition) is 3. The minimum atomic E-state index is 0.153. The predicted octanol–water partition coefficient (Wildman–Crippen LogP) is 3.34. The Balaban J connectivity index is 1.76. The fourth-order valence-electron chi connectivity index (χ4n) is 2.58. The Morgan fingerprint density at radius 2 is 2.10 bits per heavy atom. The van der Waals surface area contributed by atoms with Crippen LogP contribution in [0.5, 0.6) is 0 Å². The summed E-state index contributed by atoms with van der Waals surface area (Å²) in [6.07, 6.45) is 12.6. The first-order valence-corrected chi connectivity index (χ1v) is 8.59. The van der Waals surface area contributed by atoms with E-state index in [9.17, 15) is 4.79 Å². The Labute approximate surface area is 126 Å². The van der Waals surface area contributed by atoms with Crippen molar-refractivity contribution in [3.8, 4) is 0 Å². The normalized spacial score (nSPS) is 26.4. The molecular formula is C16H26N2OS. The van der Waals surface area contributed by atoms with Crippen LogP contribution < -0.4 is 10.0 Å². The minimum absolute atomic E-state index is 0.153. The molecule has 2 unspecified atom stereocenters. The smallest absolute Gasteiger partial charge is 0.247 e. The number of amides is 1. The Morgan fingerprint density at radius 3 is 2.70 bits per heavy atom. The first-order valence-electron chi connectivity index (χ1n) is 7.71. The van der Waals surface area contributed by atoms with Gasteiger partial charge in [0.15, 0.2) is 0 Å². The van der Waals surface area contributed by atoms with E-state index in [0.717, 1.165) is 44.1 Å². The van der Waals surface area contributed by atoms with Crippen LogP contribution in [0.3, 0.4) is 0 Å². The SMILES string of the molecule is CC(C)SNC1CC=C(C(=O)NC2CC=CCC2)CC1. The Kier molecular flexibility index (Phi) is 6.17. The Hall–Kier alpha value is -0.740. The second kappa shape index (κ2) is 7.89. The van der Waals surface area contributed by atoms with E-state index in [1.54, 1.807) is 11.9 Å². The van der Waals surface area contributed by atoms with Gasteiger partial charge in [0.25, 0.3) is 0 Å². The maximum atomic E-state index is 12.2. The van der Waals surface area contributed by atoms with Gasteiger partial charge in [0.1, 0.15) is 0 Å². The van der Waals surface area contributed by atoms with Crippen molar-refractivity contribution in [2.45, 2.75) is 69.7 Å². The van der Waals surface area contributed by atoms with Gasteiger partial charge in [-0.3, -0.25) is 9.52 Å². The molecule has 0 fully saturated rings. The molecule has 2 atom stereocenters. The lowest BCUT2D eigenvalue weighted by Crippen LogP contribution is -2.37. The molecule has 2 rings (SSSR count). The van der Waals surface area contributed by atoms with Crippen LogP contribution in [0.15, 0.2) is 23.8 Å². The minimum Gasteiger partial charge on any atom is -0.349 e. The van der Waals surface area contributed by atoms with E-state index in [0.29, 0.717) is 17.3 Å². The topological polar surface area (TPSA) is 41.1 Å². The molecule has 0 aromatic rings. The summed E-state index contributed by atoms with van der Waals surface area (Å²) < 4.78 is 3.49. The van der Waals surface area contributed by atoms with Crippen molar-refractivity contribution in [2.24, 2.45) is 0 Å². The molecule has 112 valence electrons. The number of carbonyl (C=O) groups is 1. The fourth-order valence-corrected chi connectivity index (χ4v) is 3.26. The largest absolute Gasteiger partial charge is 0.349 e. The highest BCUT2D eigenvalue weighted by molar-refractivity contribution is 7.98. The van der Waals surface area contributed by atoms with E-state index < -0.39 is 0 Å². The van der Waals surface area contributed by atoms with E-state index in [1.807, 2.05) is 0 Å². The van der Waals surface area contributed by atoms with Crippen molar-refractivity contribution < 1.29 is 4.79 Å². The van der Waals surface area contributed by atoms with Gasteiger partial charge in [-0.15, -0.1) is 0 Å². The Morgan fingerprint density at radius 1 is 1.25 bits per heavy atom. The highest BCUT2D eigenvalue weighted by Gasteiger charge is 2.21. The highest BCUT2D eigenvalue weighted by Crippen LogP contribution is 2.21. The summed E-state index contributed by atoms with van der Waals surface area (Å²) in [6, 6.07) is 0.845. The van der Waals surface area contributed by atoms with Crippen LogP contribution in [0.1, 0.15) is 52.4 Å².